The number of rotatable bonds is 6. The van der Waals surface area contributed by atoms with Crippen molar-refractivity contribution < 1.29 is 27.5 Å². The summed E-state index contributed by atoms with van der Waals surface area (Å²) in [7, 11) is 1.30. The zero-order chi connectivity index (χ0) is 19.7. The molecule has 27 heavy (non-hydrogen) atoms. The van der Waals surface area contributed by atoms with Crippen LogP contribution >= 0.6 is 11.3 Å². The summed E-state index contributed by atoms with van der Waals surface area (Å²) in [6.07, 6.45) is -2.62. The van der Waals surface area contributed by atoms with E-state index in [9.17, 15) is 23.1 Å². The van der Waals surface area contributed by atoms with Gasteiger partial charge in [-0.2, -0.15) is 13.2 Å². The largest absolute Gasteiger partial charge is 0.443 e. The van der Waals surface area contributed by atoms with Crippen LogP contribution in [0.25, 0.3) is 10.8 Å². The van der Waals surface area contributed by atoms with Gasteiger partial charge in [0.2, 0.25) is 17.4 Å². The third kappa shape index (κ3) is 3.88. The molecule has 3 heterocycles. The number of hydrogen-bond donors (Lipinski definition) is 2. The molecule has 11 heteroatoms. The molecule has 0 saturated carbocycles. The van der Waals surface area contributed by atoms with Gasteiger partial charge in [-0.25, -0.2) is 9.97 Å². The maximum atomic E-state index is 13.4. The number of carbonyl (C=O) groups excluding carboxylic acids is 1. The Morgan fingerprint density at radius 3 is 2.81 bits per heavy atom. The van der Waals surface area contributed by atoms with Crippen LogP contribution in [-0.4, -0.2) is 31.7 Å². The molecule has 0 bridgehead atoms. The molecule has 3 aromatic heterocycles. The topological polar surface area (TPSA) is 93.2 Å². The normalized spacial score (nSPS) is 14.1. The van der Waals surface area contributed by atoms with E-state index in [0.717, 1.165) is 15.6 Å². The molecular formula is C16H15F3N4O3S. The predicted molar refractivity (Wildman–Crippen MR) is 89.4 cm³/mol. The lowest BCUT2D eigenvalue weighted by atomic mass is 9.97. The van der Waals surface area contributed by atoms with Crippen molar-refractivity contribution in [3.8, 4) is 10.8 Å². The third-order valence-corrected chi connectivity index (χ3v) is 4.68. The van der Waals surface area contributed by atoms with Crippen molar-refractivity contribution in [1.82, 2.24) is 19.9 Å². The van der Waals surface area contributed by atoms with Gasteiger partial charge in [-0.1, -0.05) is 6.07 Å². The number of oxazole rings is 1. The number of carbonyl (C=O) groups is 1. The van der Waals surface area contributed by atoms with E-state index in [1.54, 1.807) is 6.07 Å². The van der Waals surface area contributed by atoms with Gasteiger partial charge in [0.1, 0.15) is 6.26 Å². The number of imidazole rings is 1. The second kappa shape index (κ2) is 7.16. The monoisotopic (exact) mass is 400 g/mol. The van der Waals surface area contributed by atoms with Gasteiger partial charge in [0.15, 0.2) is 5.82 Å². The molecule has 1 atom stereocenters. The Morgan fingerprint density at radius 1 is 1.44 bits per heavy atom. The minimum atomic E-state index is -5.08. The standard InChI is InChI=1S/C16H15F3N4O3S/c1-23-5-4-20-14(23)15(25,16(17,18)19)7-12(24)21-8-10-9-26-13(22-10)11-3-2-6-27-11/h2-6,9,25H,7-8H2,1H3,(H,21,24)/t15-/m1/s1. The van der Waals surface area contributed by atoms with E-state index in [1.165, 1.54) is 30.8 Å². The van der Waals surface area contributed by atoms with Gasteiger partial charge >= 0.3 is 6.18 Å². The van der Waals surface area contributed by atoms with Crippen molar-refractivity contribution in [3.63, 3.8) is 0 Å². The van der Waals surface area contributed by atoms with E-state index >= 15 is 0 Å². The Morgan fingerprint density at radius 2 is 2.22 bits per heavy atom. The molecule has 0 saturated heterocycles. The third-order valence-electron chi connectivity index (χ3n) is 3.83. The molecule has 0 fully saturated rings. The Bertz CT molecular complexity index is 920. The van der Waals surface area contributed by atoms with Crippen molar-refractivity contribution in [2.75, 3.05) is 0 Å². The summed E-state index contributed by atoms with van der Waals surface area (Å²) in [6.45, 7) is -0.137. The summed E-state index contributed by atoms with van der Waals surface area (Å²) in [4.78, 5) is 20.5. The van der Waals surface area contributed by atoms with Crippen molar-refractivity contribution >= 4 is 17.2 Å². The molecule has 0 aliphatic carbocycles. The molecule has 0 aliphatic heterocycles. The van der Waals surface area contributed by atoms with E-state index in [-0.39, 0.29) is 6.54 Å². The lowest BCUT2D eigenvalue weighted by Gasteiger charge is -2.29. The van der Waals surface area contributed by atoms with Gasteiger partial charge in [-0.3, -0.25) is 4.79 Å². The number of nitrogens with one attached hydrogen (secondary N) is 1. The molecule has 7 nitrogen and oxygen atoms in total. The van der Waals surface area contributed by atoms with E-state index in [4.69, 9.17) is 4.42 Å². The zero-order valence-electron chi connectivity index (χ0n) is 14.0. The first-order valence-corrected chi connectivity index (χ1v) is 8.60. The highest BCUT2D eigenvalue weighted by molar-refractivity contribution is 7.13. The van der Waals surface area contributed by atoms with Crippen molar-refractivity contribution in [1.29, 1.82) is 0 Å². The number of aromatic nitrogens is 3. The summed E-state index contributed by atoms with van der Waals surface area (Å²) >= 11 is 1.41. The smallest absolute Gasteiger partial charge is 0.425 e. The predicted octanol–water partition coefficient (Wildman–Crippen LogP) is 2.59. The van der Waals surface area contributed by atoms with Crippen LogP contribution in [0.4, 0.5) is 13.2 Å². The number of halogens is 3. The fourth-order valence-electron chi connectivity index (χ4n) is 2.46. The second-order valence-electron chi connectivity index (χ2n) is 5.79. The van der Waals surface area contributed by atoms with Crippen LogP contribution in [0, 0.1) is 0 Å². The molecule has 0 spiro atoms. The summed E-state index contributed by atoms with van der Waals surface area (Å²) in [6, 6.07) is 3.62. The Kier molecular flexibility index (Phi) is 5.07. The summed E-state index contributed by atoms with van der Waals surface area (Å²) in [5.41, 5.74) is -3.05. The first-order valence-electron chi connectivity index (χ1n) is 7.72. The maximum Gasteiger partial charge on any atom is 0.425 e. The molecule has 0 unspecified atom stereocenters. The molecule has 0 aromatic carbocycles. The molecule has 3 aromatic rings. The lowest BCUT2D eigenvalue weighted by molar-refractivity contribution is -0.271. The molecule has 0 radical (unpaired) electrons. The Labute approximate surface area is 155 Å². The van der Waals surface area contributed by atoms with Gasteiger partial charge < -0.3 is 19.4 Å². The van der Waals surface area contributed by atoms with Crippen molar-refractivity contribution in [2.24, 2.45) is 7.05 Å². The second-order valence-corrected chi connectivity index (χ2v) is 6.74. The SMILES string of the molecule is Cn1ccnc1[C@](O)(CC(=O)NCc1coc(-c2cccs2)n1)C(F)(F)F. The van der Waals surface area contributed by atoms with Crippen LogP contribution in [0.1, 0.15) is 17.9 Å². The fourth-order valence-corrected chi connectivity index (χ4v) is 3.11. The van der Waals surface area contributed by atoms with Gasteiger partial charge in [-0.05, 0) is 11.4 Å². The number of nitrogens with zero attached hydrogens (tertiary/aromatic N) is 3. The lowest BCUT2D eigenvalue weighted by Crippen LogP contribution is -2.47. The first kappa shape index (κ1) is 19.1. The average Bonchev–Trinajstić information content (AvgIpc) is 3.32. The molecule has 3 rings (SSSR count). The van der Waals surface area contributed by atoms with E-state index < -0.39 is 29.9 Å². The Hall–Kier alpha value is -2.66. The van der Waals surface area contributed by atoms with Gasteiger partial charge in [0, 0.05) is 19.4 Å². The average molecular weight is 400 g/mol. The summed E-state index contributed by atoms with van der Waals surface area (Å²) in [5, 5.41) is 14.3. The number of aryl methyl sites for hydroxylation is 1. The van der Waals surface area contributed by atoms with Crippen LogP contribution < -0.4 is 5.32 Å². The summed E-state index contributed by atoms with van der Waals surface area (Å²) in [5.74, 6) is -1.31. The van der Waals surface area contributed by atoms with Gasteiger partial charge in [0.25, 0.3) is 0 Å². The van der Waals surface area contributed by atoms with Crippen LogP contribution in [0.2, 0.25) is 0 Å². The van der Waals surface area contributed by atoms with Gasteiger partial charge in [0.05, 0.1) is 23.5 Å². The molecular weight excluding hydrogens is 385 g/mol. The number of hydrogen-bond acceptors (Lipinski definition) is 6. The minimum Gasteiger partial charge on any atom is -0.443 e. The van der Waals surface area contributed by atoms with Crippen LogP contribution in [0.15, 0.2) is 40.6 Å². The fraction of sp³-hybridized carbons (Fsp3) is 0.312. The maximum absolute atomic E-state index is 13.4. The molecule has 144 valence electrons. The van der Waals surface area contributed by atoms with Crippen LogP contribution in [0.3, 0.4) is 0 Å². The van der Waals surface area contributed by atoms with Crippen molar-refractivity contribution in [2.45, 2.75) is 24.7 Å². The number of amides is 1. The van der Waals surface area contributed by atoms with Crippen LogP contribution in [-0.2, 0) is 24.0 Å². The zero-order valence-corrected chi connectivity index (χ0v) is 14.8. The van der Waals surface area contributed by atoms with E-state index in [1.807, 2.05) is 11.4 Å². The number of thiophene rings is 1. The minimum absolute atomic E-state index is 0.137. The highest BCUT2D eigenvalue weighted by Gasteiger charge is 2.58. The first-order chi connectivity index (χ1) is 12.7. The van der Waals surface area contributed by atoms with Gasteiger partial charge in [-0.15, -0.1) is 11.3 Å². The van der Waals surface area contributed by atoms with E-state index in [0.29, 0.717) is 11.6 Å². The molecule has 1 amide bonds. The van der Waals surface area contributed by atoms with Crippen LogP contribution in [0.5, 0.6) is 0 Å². The van der Waals surface area contributed by atoms with E-state index in [2.05, 4.69) is 15.3 Å². The quantitative estimate of drug-likeness (QED) is 0.664. The molecule has 0 aliphatic rings. The molecule has 2 N–H and O–H groups in total. The highest BCUT2D eigenvalue weighted by Crippen LogP contribution is 2.40. The van der Waals surface area contributed by atoms with Crippen molar-refractivity contribution in [3.05, 3.63) is 47.7 Å². The Balaban J connectivity index is 1.68. The number of alkyl halides is 3. The number of aliphatic hydroxyl groups is 1. The highest BCUT2D eigenvalue weighted by atomic mass is 32.1. The summed E-state index contributed by atoms with van der Waals surface area (Å²) < 4.78 is 46.6.